The van der Waals surface area contributed by atoms with Crippen LogP contribution in [0.15, 0.2) is 89.7 Å². The van der Waals surface area contributed by atoms with E-state index < -0.39 is 0 Å². The number of thiazole rings is 1. The van der Waals surface area contributed by atoms with Crippen molar-refractivity contribution in [2.24, 2.45) is 0 Å². The molecule has 0 radical (unpaired) electrons. The lowest BCUT2D eigenvalue weighted by molar-refractivity contribution is 1.05. The van der Waals surface area contributed by atoms with Crippen LogP contribution in [0.1, 0.15) is 0 Å². The predicted molar refractivity (Wildman–Crippen MR) is 108 cm³/mol. The van der Waals surface area contributed by atoms with Crippen LogP contribution in [-0.4, -0.2) is 9.55 Å². The Morgan fingerprint density at radius 3 is 2.38 bits per heavy atom. The van der Waals surface area contributed by atoms with Gasteiger partial charge in [0.2, 0.25) is 0 Å². The molecule has 0 amide bonds. The molecule has 2 heterocycles. The standard InChI is InChI=1S/C22H14N2OS/c25-22-17(21-23-18-11-5-7-13-20(18)26-21)14-15-8-4-6-12-19(15)24(22)16-9-2-1-3-10-16/h1-14H. The van der Waals surface area contributed by atoms with Gasteiger partial charge in [0.05, 0.1) is 21.3 Å². The van der Waals surface area contributed by atoms with E-state index >= 15 is 0 Å². The summed E-state index contributed by atoms with van der Waals surface area (Å²) in [6.45, 7) is 0. The van der Waals surface area contributed by atoms with E-state index in [1.807, 2.05) is 84.9 Å². The van der Waals surface area contributed by atoms with E-state index in [4.69, 9.17) is 4.98 Å². The number of fused-ring (bicyclic) bond motifs is 2. The minimum absolute atomic E-state index is 0.0473. The van der Waals surface area contributed by atoms with Crippen LogP contribution in [0.4, 0.5) is 0 Å². The second kappa shape index (κ2) is 5.93. The number of nitrogens with zero attached hydrogens (tertiary/aromatic N) is 2. The number of benzene rings is 3. The number of hydrogen-bond donors (Lipinski definition) is 0. The molecule has 0 fully saturated rings. The third-order valence-corrected chi connectivity index (χ3v) is 5.52. The zero-order valence-electron chi connectivity index (χ0n) is 13.8. The number of hydrogen-bond acceptors (Lipinski definition) is 3. The molecule has 0 bridgehead atoms. The van der Waals surface area contributed by atoms with E-state index in [0.717, 1.165) is 31.8 Å². The van der Waals surface area contributed by atoms with E-state index in [0.29, 0.717) is 5.56 Å². The Balaban J connectivity index is 1.87. The fourth-order valence-electron chi connectivity index (χ4n) is 3.23. The number of pyridine rings is 1. The first kappa shape index (κ1) is 15.0. The Morgan fingerprint density at radius 1 is 0.808 bits per heavy atom. The van der Waals surface area contributed by atoms with Gasteiger partial charge >= 0.3 is 0 Å². The van der Waals surface area contributed by atoms with E-state index in [1.54, 1.807) is 15.9 Å². The van der Waals surface area contributed by atoms with Crippen molar-refractivity contribution in [2.75, 3.05) is 0 Å². The molecule has 124 valence electrons. The second-order valence-electron chi connectivity index (χ2n) is 6.08. The van der Waals surface area contributed by atoms with Crippen LogP contribution < -0.4 is 5.56 Å². The van der Waals surface area contributed by atoms with Gasteiger partial charge in [0.1, 0.15) is 5.01 Å². The topological polar surface area (TPSA) is 34.9 Å². The monoisotopic (exact) mass is 354 g/mol. The smallest absolute Gasteiger partial charge is 0.265 e. The highest BCUT2D eigenvalue weighted by Crippen LogP contribution is 2.30. The van der Waals surface area contributed by atoms with Crippen molar-refractivity contribution < 1.29 is 0 Å². The Morgan fingerprint density at radius 2 is 1.54 bits per heavy atom. The molecule has 3 nitrogen and oxygen atoms in total. The Labute approximate surface area is 153 Å². The normalized spacial score (nSPS) is 11.2. The van der Waals surface area contributed by atoms with Crippen LogP contribution in [0.5, 0.6) is 0 Å². The molecule has 0 saturated carbocycles. The van der Waals surface area contributed by atoms with Crippen molar-refractivity contribution in [3.8, 4) is 16.3 Å². The van der Waals surface area contributed by atoms with Crippen LogP contribution in [-0.2, 0) is 0 Å². The highest BCUT2D eigenvalue weighted by Gasteiger charge is 2.15. The quantitative estimate of drug-likeness (QED) is 0.433. The lowest BCUT2D eigenvalue weighted by atomic mass is 10.1. The lowest BCUT2D eigenvalue weighted by Gasteiger charge is -2.12. The van der Waals surface area contributed by atoms with Gasteiger partial charge in [0.15, 0.2) is 0 Å². The Kier molecular flexibility index (Phi) is 3.43. The summed E-state index contributed by atoms with van der Waals surface area (Å²) in [5, 5.41) is 1.77. The zero-order chi connectivity index (χ0) is 17.5. The first-order valence-electron chi connectivity index (χ1n) is 8.37. The van der Waals surface area contributed by atoms with Crippen molar-refractivity contribution in [2.45, 2.75) is 0 Å². The average Bonchev–Trinajstić information content (AvgIpc) is 3.12. The molecule has 0 saturated heterocycles. The molecule has 5 aromatic rings. The molecule has 0 unspecified atom stereocenters. The maximum atomic E-state index is 13.4. The summed E-state index contributed by atoms with van der Waals surface area (Å²) in [6.07, 6.45) is 0. The van der Waals surface area contributed by atoms with Crippen molar-refractivity contribution in [1.82, 2.24) is 9.55 Å². The highest BCUT2D eigenvalue weighted by molar-refractivity contribution is 7.21. The average molecular weight is 354 g/mol. The summed E-state index contributed by atoms with van der Waals surface area (Å²) in [5.74, 6) is 0. The first-order chi connectivity index (χ1) is 12.8. The molecule has 0 atom stereocenters. The number of aromatic nitrogens is 2. The SMILES string of the molecule is O=c1c(-c2nc3ccccc3s2)cc2ccccc2n1-c1ccccc1. The van der Waals surface area contributed by atoms with E-state index in [-0.39, 0.29) is 5.56 Å². The fraction of sp³-hybridized carbons (Fsp3) is 0. The summed E-state index contributed by atoms with van der Waals surface area (Å²) < 4.78 is 2.86. The van der Waals surface area contributed by atoms with E-state index in [9.17, 15) is 4.79 Å². The van der Waals surface area contributed by atoms with Gasteiger partial charge in [-0.1, -0.05) is 48.5 Å². The van der Waals surface area contributed by atoms with Gasteiger partial charge in [-0.3, -0.25) is 9.36 Å². The van der Waals surface area contributed by atoms with Gasteiger partial charge in [0, 0.05) is 5.69 Å². The largest absolute Gasteiger partial charge is 0.276 e. The number of para-hydroxylation sites is 3. The summed E-state index contributed by atoms with van der Waals surface area (Å²) in [7, 11) is 0. The minimum atomic E-state index is -0.0473. The molecular formula is C22H14N2OS. The molecule has 26 heavy (non-hydrogen) atoms. The predicted octanol–water partition coefficient (Wildman–Crippen LogP) is 5.27. The van der Waals surface area contributed by atoms with Gasteiger partial charge in [-0.25, -0.2) is 4.98 Å². The van der Waals surface area contributed by atoms with Gasteiger partial charge in [-0.05, 0) is 41.8 Å². The van der Waals surface area contributed by atoms with Crippen LogP contribution in [0, 0.1) is 0 Å². The summed E-state index contributed by atoms with van der Waals surface area (Å²) in [5.41, 5.74) is 3.26. The van der Waals surface area contributed by atoms with Crippen molar-refractivity contribution in [3.63, 3.8) is 0 Å². The maximum absolute atomic E-state index is 13.4. The third kappa shape index (κ3) is 2.35. The molecule has 0 spiro atoms. The van der Waals surface area contributed by atoms with Gasteiger partial charge in [0.25, 0.3) is 5.56 Å². The highest BCUT2D eigenvalue weighted by atomic mass is 32.1. The molecule has 0 aliphatic heterocycles. The van der Waals surface area contributed by atoms with Crippen LogP contribution in [0.25, 0.3) is 37.4 Å². The summed E-state index contributed by atoms with van der Waals surface area (Å²) >= 11 is 1.55. The van der Waals surface area contributed by atoms with Crippen molar-refractivity contribution in [1.29, 1.82) is 0 Å². The van der Waals surface area contributed by atoms with Crippen molar-refractivity contribution in [3.05, 3.63) is 95.3 Å². The zero-order valence-corrected chi connectivity index (χ0v) is 14.6. The Bertz CT molecular complexity index is 1270. The summed E-state index contributed by atoms with van der Waals surface area (Å²) in [6, 6.07) is 27.6. The van der Waals surface area contributed by atoms with Gasteiger partial charge < -0.3 is 0 Å². The van der Waals surface area contributed by atoms with E-state index in [1.165, 1.54) is 0 Å². The molecule has 0 aliphatic rings. The third-order valence-electron chi connectivity index (χ3n) is 4.45. The van der Waals surface area contributed by atoms with Gasteiger partial charge in [-0.2, -0.15) is 0 Å². The molecular weight excluding hydrogens is 340 g/mol. The molecule has 2 aromatic heterocycles. The molecule has 3 aromatic carbocycles. The number of rotatable bonds is 2. The van der Waals surface area contributed by atoms with Crippen molar-refractivity contribution >= 4 is 32.5 Å². The second-order valence-corrected chi connectivity index (χ2v) is 7.11. The molecule has 0 aliphatic carbocycles. The molecule has 0 N–H and O–H groups in total. The maximum Gasteiger partial charge on any atom is 0.265 e. The Hall–Kier alpha value is -3.24. The molecule has 4 heteroatoms. The van der Waals surface area contributed by atoms with Gasteiger partial charge in [-0.15, -0.1) is 11.3 Å². The van der Waals surface area contributed by atoms with E-state index in [2.05, 4.69) is 0 Å². The van der Waals surface area contributed by atoms with Crippen LogP contribution in [0.2, 0.25) is 0 Å². The van der Waals surface area contributed by atoms with Crippen LogP contribution in [0.3, 0.4) is 0 Å². The fourth-order valence-corrected chi connectivity index (χ4v) is 4.21. The molecule has 5 rings (SSSR count). The summed E-state index contributed by atoms with van der Waals surface area (Å²) in [4.78, 5) is 18.1. The first-order valence-corrected chi connectivity index (χ1v) is 9.19. The minimum Gasteiger partial charge on any atom is -0.276 e. The van der Waals surface area contributed by atoms with Crippen LogP contribution >= 0.6 is 11.3 Å². The lowest BCUT2D eigenvalue weighted by Crippen LogP contribution is -2.20.